The van der Waals surface area contributed by atoms with Crippen LogP contribution in [0.15, 0.2) is 12.1 Å². The van der Waals surface area contributed by atoms with E-state index in [-0.39, 0.29) is 10.6 Å². The number of rotatable bonds is 1. The Kier molecular flexibility index (Phi) is 2.99. The molecule has 0 atom stereocenters. The number of alkyl halides is 3. The van der Waals surface area contributed by atoms with Crippen LogP contribution in [0.1, 0.15) is 31.0 Å². The van der Waals surface area contributed by atoms with Gasteiger partial charge < -0.3 is 4.98 Å². The standard InChI is InChI=1S/C9H10F3NS/c1-5(2)7-3-6(9(10,11)12)4-8(14)13-7/h3-5H,1-2H3,(H,13,14). The first-order valence-corrected chi connectivity index (χ1v) is 4.53. The summed E-state index contributed by atoms with van der Waals surface area (Å²) in [5.41, 5.74) is -0.185. The van der Waals surface area contributed by atoms with E-state index < -0.39 is 11.7 Å². The maximum absolute atomic E-state index is 12.4. The molecule has 0 bridgehead atoms. The smallest absolute Gasteiger partial charge is 0.350 e. The molecule has 78 valence electrons. The maximum atomic E-state index is 12.4. The highest BCUT2D eigenvalue weighted by atomic mass is 32.1. The van der Waals surface area contributed by atoms with Crippen LogP contribution in [-0.4, -0.2) is 4.98 Å². The molecule has 1 aromatic heterocycles. The van der Waals surface area contributed by atoms with Crippen molar-refractivity contribution in [3.8, 4) is 0 Å². The molecule has 1 heterocycles. The first kappa shape index (κ1) is 11.2. The molecule has 1 nitrogen and oxygen atoms in total. The van der Waals surface area contributed by atoms with Crippen LogP contribution in [0, 0.1) is 4.64 Å². The van der Waals surface area contributed by atoms with Gasteiger partial charge in [-0.25, -0.2) is 0 Å². The molecule has 0 aliphatic heterocycles. The van der Waals surface area contributed by atoms with Crippen LogP contribution in [-0.2, 0) is 6.18 Å². The van der Waals surface area contributed by atoms with Crippen molar-refractivity contribution < 1.29 is 13.2 Å². The summed E-state index contributed by atoms with van der Waals surface area (Å²) in [6.45, 7) is 3.61. The van der Waals surface area contributed by atoms with Crippen LogP contribution in [0.4, 0.5) is 13.2 Å². The number of halogens is 3. The summed E-state index contributed by atoms with van der Waals surface area (Å²) in [5.74, 6) is -0.000926. The van der Waals surface area contributed by atoms with E-state index in [0.29, 0.717) is 5.69 Å². The van der Waals surface area contributed by atoms with E-state index >= 15 is 0 Å². The molecule has 1 N–H and O–H groups in total. The Bertz CT molecular complexity index is 378. The van der Waals surface area contributed by atoms with Crippen LogP contribution >= 0.6 is 12.2 Å². The van der Waals surface area contributed by atoms with Crippen LogP contribution in [0.5, 0.6) is 0 Å². The fraction of sp³-hybridized carbons (Fsp3) is 0.444. The third-order valence-corrected chi connectivity index (χ3v) is 2.03. The predicted octanol–water partition coefficient (Wildman–Crippen LogP) is 3.89. The lowest BCUT2D eigenvalue weighted by atomic mass is 10.1. The van der Waals surface area contributed by atoms with E-state index in [9.17, 15) is 13.2 Å². The average molecular weight is 221 g/mol. The van der Waals surface area contributed by atoms with Crippen molar-refractivity contribution in [1.82, 2.24) is 4.98 Å². The monoisotopic (exact) mass is 221 g/mol. The maximum Gasteiger partial charge on any atom is 0.416 e. The first-order valence-electron chi connectivity index (χ1n) is 4.12. The predicted molar refractivity (Wildman–Crippen MR) is 50.7 cm³/mol. The summed E-state index contributed by atoms with van der Waals surface area (Å²) < 4.78 is 37.2. The molecular weight excluding hydrogens is 211 g/mol. The highest BCUT2D eigenvalue weighted by Gasteiger charge is 2.31. The van der Waals surface area contributed by atoms with Gasteiger partial charge in [-0.05, 0) is 18.1 Å². The second-order valence-electron chi connectivity index (χ2n) is 3.34. The van der Waals surface area contributed by atoms with E-state index in [4.69, 9.17) is 12.2 Å². The third kappa shape index (κ3) is 2.57. The Morgan fingerprint density at radius 2 is 1.86 bits per heavy atom. The Morgan fingerprint density at radius 3 is 2.29 bits per heavy atom. The largest absolute Gasteiger partial charge is 0.416 e. The van der Waals surface area contributed by atoms with Gasteiger partial charge in [-0.1, -0.05) is 26.1 Å². The Labute approximate surface area is 85.0 Å². The molecule has 0 unspecified atom stereocenters. The quantitative estimate of drug-likeness (QED) is 0.711. The summed E-state index contributed by atoms with van der Waals surface area (Å²) in [4.78, 5) is 2.73. The lowest BCUT2D eigenvalue weighted by molar-refractivity contribution is -0.137. The fourth-order valence-corrected chi connectivity index (χ4v) is 1.28. The van der Waals surface area contributed by atoms with Gasteiger partial charge in [0.25, 0.3) is 0 Å². The number of pyridine rings is 1. The lowest BCUT2D eigenvalue weighted by Crippen LogP contribution is -2.07. The lowest BCUT2D eigenvalue weighted by Gasteiger charge is -2.10. The van der Waals surface area contributed by atoms with Gasteiger partial charge >= 0.3 is 6.18 Å². The van der Waals surface area contributed by atoms with Gasteiger partial charge in [0.1, 0.15) is 4.64 Å². The Balaban J connectivity index is 3.28. The van der Waals surface area contributed by atoms with Crippen LogP contribution < -0.4 is 0 Å². The number of H-pyrrole nitrogens is 1. The number of aromatic amines is 1. The van der Waals surface area contributed by atoms with Gasteiger partial charge in [-0.15, -0.1) is 0 Å². The molecule has 1 rings (SSSR count). The number of nitrogens with one attached hydrogen (secondary N) is 1. The summed E-state index contributed by atoms with van der Waals surface area (Å²) in [6.07, 6.45) is -4.33. The zero-order valence-corrected chi connectivity index (χ0v) is 8.59. The highest BCUT2D eigenvalue weighted by Crippen LogP contribution is 2.30. The number of hydrogen-bond donors (Lipinski definition) is 1. The summed E-state index contributed by atoms with van der Waals surface area (Å²) in [5, 5.41) is 0. The zero-order valence-electron chi connectivity index (χ0n) is 7.77. The second-order valence-corrected chi connectivity index (χ2v) is 3.78. The number of aromatic nitrogens is 1. The first-order chi connectivity index (χ1) is 6.30. The molecule has 0 amide bonds. The van der Waals surface area contributed by atoms with Crippen molar-refractivity contribution >= 4 is 12.2 Å². The van der Waals surface area contributed by atoms with E-state index in [2.05, 4.69) is 4.98 Å². The van der Waals surface area contributed by atoms with Crippen molar-refractivity contribution in [2.45, 2.75) is 25.9 Å². The Morgan fingerprint density at radius 1 is 1.29 bits per heavy atom. The minimum absolute atomic E-state index is 0.000926. The van der Waals surface area contributed by atoms with E-state index in [1.807, 2.05) is 0 Å². The fourth-order valence-electron chi connectivity index (χ4n) is 1.04. The molecule has 0 spiro atoms. The van der Waals surface area contributed by atoms with Crippen molar-refractivity contribution in [3.05, 3.63) is 28.0 Å². The van der Waals surface area contributed by atoms with Crippen LogP contribution in [0.25, 0.3) is 0 Å². The molecule has 14 heavy (non-hydrogen) atoms. The third-order valence-electron chi connectivity index (χ3n) is 1.81. The molecule has 0 saturated carbocycles. The SMILES string of the molecule is CC(C)c1cc(C(F)(F)F)cc(=S)[nH]1. The minimum Gasteiger partial charge on any atom is -0.350 e. The molecular formula is C9H10F3NS. The second kappa shape index (κ2) is 3.73. The van der Waals surface area contributed by atoms with Gasteiger partial charge in [-0.3, -0.25) is 0 Å². The van der Waals surface area contributed by atoms with E-state index in [0.717, 1.165) is 12.1 Å². The summed E-state index contributed by atoms with van der Waals surface area (Å²) in [6, 6.07) is 2.03. The Hall–Kier alpha value is -0.840. The van der Waals surface area contributed by atoms with Gasteiger partial charge in [-0.2, -0.15) is 13.2 Å². The summed E-state index contributed by atoms with van der Waals surface area (Å²) >= 11 is 4.72. The van der Waals surface area contributed by atoms with E-state index in [1.54, 1.807) is 13.8 Å². The molecule has 0 aliphatic carbocycles. The van der Waals surface area contributed by atoms with Crippen molar-refractivity contribution in [2.75, 3.05) is 0 Å². The van der Waals surface area contributed by atoms with Gasteiger partial charge in [0, 0.05) is 5.69 Å². The van der Waals surface area contributed by atoms with Crippen molar-refractivity contribution in [2.24, 2.45) is 0 Å². The van der Waals surface area contributed by atoms with Crippen LogP contribution in [0.3, 0.4) is 0 Å². The van der Waals surface area contributed by atoms with Crippen molar-refractivity contribution in [1.29, 1.82) is 0 Å². The minimum atomic E-state index is -4.33. The molecule has 0 aliphatic rings. The molecule has 1 aromatic rings. The van der Waals surface area contributed by atoms with Crippen molar-refractivity contribution in [3.63, 3.8) is 0 Å². The van der Waals surface area contributed by atoms with Crippen LogP contribution in [0.2, 0.25) is 0 Å². The molecule has 0 saturated heterocycles. The van der Waals surface area contributed by atoms with Gasteiger partial charge in [0.15, 0.2) is 0 Å². The highest BCUT2D eigenvalue weighted by molar-refractivity contribution is 7.71. The molecule has 5 heteroatoms. The number of hydrogen-bond acceptors (Lipinski definition) is 1. The molecule has 0 radical (unpaired) electrons. The zero-order chi connectivity index (χ0) is 10.9. The molecule has 0 aromatic carbocycles. The van der Waals surface area contributed by atoms with Gasteiger partial charge in [0.05, 0.1) is 5.56 Å². The van der Waals surface area contributed by atoms with E-state index in [1.165, 1.54) is 0 Å². The topological polar surface area (TPSA) is 15.8 Å². The summed E-state index contributed by atoms with van der Waals surface area (Å²) in [7, 11) is 0. The molecule has 0 fully saturated rings. The average Bonchev–Trinajstić information content (AvgIpc) is 2.01. The van der Waals surface area contributed by atoms with Gasteiger partial charge in [0.2, 0.25) is 0 Å². The normalized spacial score (nSPS) is 12.1.